The number of benzene rings is 1. The first-order valence-electron chi connectivity index (χ1n) is 7.01. The van der Waals surface area contributed by atoms with E-state index in [2.05, 4.69) is 25.7 Å². The van der Waals surface area contributed by atoms with Crippen LogP contribution >= 0.6 is 0 Å². The van der Waals surface area contributed by atoms with Gasteiger partial charge in [-0.15, -0.1) is 5.01 Å². The molecule has 7 nitrogen and oxygen atoms in total. The van der Waals surface area contributed by atoms with Crippen molar-refractivity contribution < 1.29 is 22.2 Å². The molecular formula is C15H15ClN6O. The van der Waals surface area contributed by atoms with Crippen molar-refractivity contribution in [2.45, 2.75) is 19.3 Å². The van der Waals surface area contributed by atoms with Crippen LogP contribution in [0.2, 0.25) is 0 Å². The molecule has 0 bridgehead atoms. The Morgan fingerprint density at radius 1 is 1.30 bits per heavy atom. The molecule has 0 aromatic heterocycles. The zero-order valence-electron chi connectivity index (χ0n) is 12.6. The lowest BCUT2D eigenvalue weighted by Gasteiger charge is -2.14. The summed E-state index contributed by atoms with van der Waals surface area (Å²) in [6.07, 6.45) is 5.19. The van der Waals surface area contributed by atoms with Crippen molar-refractivity contribution in [3.8, 4) is 0 Å². The Labute approximate surface area is 139 Å². The van der Waals surface area contributed by atoms with E-state index in [-0.39, 0.29) is 18.3 Å². The number of rotatable bonds is 1. The van der Waals surface area contributed by atoms with E-state index in [1.165, 1.54) is 0 Å². The maximum atomic E-state index is 12.0. The van der Waals surface area contributed by atoms with Crippen molar-refractivity contribution >= 4 is 35.3 Å². The van der Waals surface area contributed by atoms with Crippen LogP contribution in [0.4, 0.5) is 11.4 Å². The standard InChI is InChI=1S/C15H14N6O.ClH/c1-15(2)10-4-3-9(7-11(10)18-13(15)22)17-14-19-12-8-16-5-6-21(12)20-14;/h3-8H,1-2H3,(H,17,20)(H,18,22);1H. The van der Waals surface area contributed by atoms with Crippen LogP contribution < -0.4 is 28.0 Å². The summed E-state index contributed by atoms with van der Waals surface area (Å²) >= 11 is 0. The molecule has 1 atom stereocenters. The summed E-state index contributed by atoms with van der Waals surface area (Å²) < 4.78 is 0. The molecule has 1 unspecified atom stereocenters. The smallest absolute Gasteiger partial charge is 0.286 e. The van der Waals surface area contributed by atoms with Crippen molar-refractivity contribution in [2.75, 3.05) is 10.6 Å². The van der Waals surface area contributed by atoms with Crippen LogP contribution in [0.15, 0.2) is 45.7 Å². The van der Waals surface area contributed by atoms with Crippen molar-refractivity contribution in [3.05, 3.63) is 36.2 Å². The van der Waals surface area contributed by atoms with E-state index in [0.717, 1.165) is 27.8 Å². The van der Waals surface area contributed by atoms with Gasteiger partial charge in [-0.25, -0.2) is 0 Å². The number of anilines is 2. The summed E-state index contributed by atoms with van der Waals surface area (Å²) in [7, 11) is 0. The fourth-order valence-electron chi connectivity index (χ4n) is 2.67. The molecule has 0 saturated carbocycles. The first-order valence-corrected chi connectivity index (χ1v) is 7.01. The summed E-state index contributed by atoms with van der Waals surface area (Å²) in [5.74, 6) is 1.29. The van der Waals surface area contributed by atoms with Gasteiger partial charge in [-0.2, -0.15) is 4.99 Å². The molecule has 0 saturated heterocycles. The third-order valence-electron chi connectivity index (χ3n) is 4.00. The minimum atomic E-state index is -0.495. The van der Waals surface area contributed by atoms with Gasteiger partial charge < -0.3 is 23.0 Å². The van der Waals surface area contributed by atoms with Gasteiger partial charge in [0.05, 0.1) is 11.6 Å². The summed E-state index contributed by atoms with van der Waals surface area (Å²) in [5.41, 5.74) is 2.17. The Bertz CT molecular complexity index is 808. The Morgan fingerprint density at radius 3 is 2.91 bits per heavy atom. The number of nitrogens with zero attached hydrogens (tertiary/aromatic N) is 3. The van der Waals surface area contributed by atoms with Crippen LogP contribution in [0.5, 0.6) is 0 Å². The fourth-order valence-corrected chi connectivity index (χ4v) is 2.67. The number of guanidine groups is 1. The molecular weight excluding hydrogens is 316 g/mol. The molecule has 1 amide bonds. The molecule has 3 N–H and O–H groups in total. The van der Waals surface area contributed by atoms with Gasteiger partial charge in [0.25, 0.3) is 11.8 Å². The second-order valence-electron chi connectivity index (χ2n) is 5.88. The lowest BCUT2D eigenvalue weighted by molar-refractivity contribution is -0.748. The normalized spacial score (nSPS) is 22.5. The summed E-state index contributed by atoms with van der Waals surface area (Å²) in [6, 6.07) is 5.79. The molecule has 3 aliphatic rings. The van der Waals surface area contributed by atoms with Gasteiger partial charge in [0.15, 0.2) is 0 Å². The second kappa shape index (κ2) is 5.29. The largest absolute Gasteiger partial charge is 1.00 e. The third-order valence-corrected chi connectivity index (χ3v) is 4.00. The molecule has 23 heavy (non-hydrogen) atoms. The van der Waals surface area contributed by atoms with Gasteiger partial charge >= 0.3 is 0 Å². The maximum absolute atomic E-state index is 12.0. The highest BCUT2D eigenvalue weighted by atomic mass is 35.5. The lowest BCUT2D eigenvalue weighted by atomic mass is 9.86. The molecule has 3 heterocycles. The van der Waals surface area contributed by atoms with Crippen molar-refractivity contribution in [1.82, 2.24) is 0 Å². The van der Waals surface area contributed by atoms with Crippen LogP contribution in [0.3, 0.4) is 0 Å². The SMILES string of the molecule is CC1(C)C(=O)Nc2cc(NC3=N[NH+]4C=CN=CC4=N3)ccc21.[Cl-]. The van der Waals surface area contributed by atoms with E-state index in [1.54, 1.807) is 12.4 Å². The molecule has 1 aromatic rings. The van der Waals surface area contributed by atoms with E-state index >= 15 is 0 Å². The monoisotopic (exact) mass is 330 g/mol. The number of amides is 1. The van der Waals surface area contributed by atoms with Crippen molar-refractivity contribution in [3.63, 3.8) is 0 Å². The minimum Gasteiger partial charge on any atom is -1.00 e. The molecule has 8 heteroatoms. The van der Waals surface area contributed by atoms with Crippen LogP contribution in [0.1, 0.15) is 19.4 Å². The number of nitrogens with one attached hydrogen (secondary N) is 3. The average Bonchev–Trinajstić information content (AvgIpc) is 2.98. The molecule has 4 rings (SSSR count). The number of quaternary nitrogens is 1. The minimum absolute atomic E-state index is 0. The first kappa shape index (κ1) is 15.4. The van der Waals surface area contributed by atoms with Crippen LogP contribution in [0, 0.1) is 0 Å². The van der Waals surface area contributed by atoms with Crippen LogP contribution in [-0.2, 0) is 10.2 Å². The van der Waals surface area contributed by atoms with Crippen LogP contribution in [0.25, 0.3) is 0 Å². The molecule has 0 aliphatic carbocycles. The van der Waals surface area contributed by atoms with Gasteiger partial charge in [0, 0.05) is 11.4 Å². The van der Waals surface area contributed by atoms with Gasteiger partial charge in [-0.1, -0.05) is 6.07 Å². The Balaban J connectivity index is 0.00000156. The summed E-state index contributed by atoms with van der Waals surface area (Å²) in [4.78, 5) is 20.4. The number of hydrogen-bond donors (Lipinski definition) is 3. The first-order chi connectivity index (χ1) is 10.5. The summed E-state index contributed by atoms with van der Waals surface area (Å²) in [6.45, 7) is 3.84. The van der Waals surface area contributed by atoms with Gasteiger partial charge in [-0.3, -0.25) is 9.79 Å². The van der Waals surface area contributed by atoms with E-state index in [0.29, 0.717) is 5.96 Å². The number of aliphatic imine (C=N–C) groups is 2. The molecule has 0 radical (unpaired) electrons. The van der Waals surface area contributed by atoms with E-state index < -0.39 is 5.41 Å². The van der Waals surface area contributed by atoms with Gasteiger partial charge in [-0.05, 0) is 36.6 Å². The number of hydrogen-bond acceptors (Lipinski definition) is 5. The highest BCUT2D eigenvalue weighted by Crippen LogP contribution is 2.38. The second-order valence-corrected chi connectivity index (χ2v) is 5.88. The van der Waals surface area contributed by atoms with Gasteiger partial charge in [0.2, 0.25) is 5.91 Å². The van der Waals surface area contributed by atoms with Crippen LogP contribution in [-0.4, -0.2) is 23.9 Å². The Kier molecular flexibility index (Phi) is 3.54. The molecule has 1 aromatic carbocycles. The predicted molar refractivity (Wildman–Crippen MR) is 85.2 cm³/mol. The number of amidine groups is 1. The Morgan fingerprint density at radius 2 is 2.13 bits per heavy atom. The van der Waals surface area contributed by atoms with Gasteiger partial charge in [0.1, 0.15) is 12.4 Å². The number of halogens is 1. The highest BCUT2D eigenvalue weighted by molar-refractivity contribution is 6.29. The van der Waals surface area contributed by atoms with Crippen molar-refractivity contribution in [2.24, 2.45) is 15.1 Å². The molecule has 3 aliphatic heterocycles. The molecule has 0 fully saturated rings. The molecule has 118 valence electrons. The lowest BCUT2D eigenvalue weighted by Crippen LogP contribution is -3.05. The van der Waals surface area contributed by atoms with E-state index in [9.17, 15) is 4.79 Å². The topological polar surface area (TPSA) is 82.6 Å². The summed E-state index contributed by atoms with van der Waals surface area (Å²) in [5, 5.41) is 11.3. The number of carbonyl (C=O) groups is 1. The third kappa shape index (κ3) is 2.43. The fraction of sp³-hybridized carbons (Fsp3) is 0.200. The zero-order valence-corrected chi connectivity index (χ0v) is 13.3. The van der Waals surface area contributed by atoms with E-state index in [4.69, 9.17) is 0 Å². The van der Waals surface area contributed by atoms with Crippen molar-refractivity contribution in [1.29, 1.82) is 0 Å². The zero-order chi connectivity index (χ0) is 15.3. The predicted octanol–water partition coefficient (Wildman–Crippen LogP) is -2.54. The number of fused-ring (bicyclic) bond motifs is 2. The highest BCUT2D eigenvalue weighted by Gasteiger charge is 2.38. The maximum Gasteiger partial charge on any atom is 0.286 e. The van der Waals surface area contributed by atoms with E-state index in [1.807, 2.05) is 38.2 Å². The number of carbonyl (C=O) groups excluding carboxylic acids is 1. The quantitative estimate of drug-likeness (QED) is 0.530. The molecule has 0 spiro atoms. The Hall–Kier alpha value is -2.51. The average molecular weight is 331 g/mol.